The number of nitrogens with zero attached hydrogens (tertiary/aromatic N) is 3. The van der Waals surface area contributed by atoms with Crippen LogP contribution in [0, 0.1) is 0 Å². The van der Waals surface area contributed by atoms with Crippen LogP contribution in [-0.4, -0.2) is 12.3 Å². The second kappa shape index (κ2) is 18.0. The van der Waals surface area contributed by atoms with Gasteiger partial charge in [-0.2, -0.15) is 0 Å². The van der Waals surface area contributed by atoms with E-state index >= 15 is 0 Å². The van der Waals surface area contributed by atoms with Gasteiger partial charge in [0, 0.05) is 50.9 Å². The van der Waals surface area contributed by atoms with Gasteiger partial charge in [0.05, 0.1) is 5.54 Å². The summed E-state index contributed by atoms with van der Waals surface area (Å²) >= 11 is 0. The molecule has 4 aliphatic rings. The van der Waals surface area contributed by atoms with Crippen molar-refractivity contribution in [2.45, 2.75) is 129 Å². The highest BCUT2D eigenvalue weighted by molar-refractivity contribution is 7.00. The molecule has 0 spiro atoms. The van der Waals surface area contributed by atoms with Gasteiger partial charge in [-0.3, -0.25) is 0 Å². The fourth-order valence-electron chi connectivity index (χ4n) is 14.0. The van der Waals surface area contributed by atoms with E-state index in [-0.39, 0.29) is 33.9 Å². The Morgan fingerprint density at radius 1 is 0.359 bits per heavy atom. The molecule has 0 bridgehead atoms. The lowest BCUT2D eigenvalue weighted by Crippen LogP contribution is -2.61. The predicted molar refractivity (Wildman–Crippen MR) is 336 cm³/mol. The fraction of sp³-hybridized carbons (Fsp3) is 0.270. The molecule has 0 N–H and O–H groups in total. The SMILES string of the molecule is CC(C)(C)c1ccc(-c2ccc3c(c2)C2(C)CCCCC2(C)N3c2cc3c4c(c2)N(c2cccc(C(C)(C)C)c2)c2cc(C(C)(C)C)ccc2B4c2ccc(-c4ccccc4)cc2N3c2cccc(-c3ccccc3)c2)cc1. The van der Waals surface area contributed by atoms with Crippen LogP contribution in [0.25, 0.3) is 33.4 Å². The van der Waals surface area contributed by atoms with E-state index in [4.69, 9.17) is 0 Å². The number of fused-ring (bicyclic) bond motifs is 7. The van der Waals surface area contributed by atoms with E-state index in [9.17, 15) is 0 Å². The average Bonchev–Trinajstić information content (AvgIpc) is 3.66. The summed E-state index contributed by atoms with van der Waals surface area (Å²) in [6.45, 7) is 26.2. The molecule has 1 fully saturated rings. The van der Waals surface area contributed by atoms with Crippen molar-refractivity contribution < 1.29 is 0 Å². The molecule has 3 aliphatic heterocycles. The van der Waals surface area contributed by atoms with Crippen LogP contribution in [0.4, 0.5) is 45.5 Å². The van der Waals surface area contributed by atoms with Crippen molar-refractivity contribution >= 4 is 68.6 Å². The molecule has 2 unspecified atom stereocenters. The minimum Gasteiger partial charge on any atom is -0.334 e. The third-order valence-corrected chi connectivity index (χ3v) is 18.7. The molecule has 0 aromatic heterocycles. The van der Waals surface area contributed by atoms with Crippen molar-refractivity contribution in [2.24, 2.45) is 0 Å². The van der Waals surface area contributed by atoms with Crippen LogP contribution in [0.15, 0.2) is 200 Å². The maximum absolute atomic E-state index is 2.82. The highest BCUT2D eigenvalue weighted by Gasteiger charge is 2.58. The molecule has 0 radical (unpaired) electrons. The lowest BCUT2D eigenvalue weighted by molar-refractivity contribution is 0.195. The normalized spacial score (nSPS) is 18.5. The highest BCUT2D eigenvalue weighted by atomic mass is 15.3. The quantitative estimate of drug-likeness (QED) is 0.154. The van der Waals surface area contributed by atoms with Crippen molar-refractivity contribution in [3.63, 3.8) is 0 Å². The third kappa shape index (κ3) is 7.99. The molecule has 0 amide bonds. The molecule has 78 heavy (non-hydrogen) atoms. The van der Waals surface area contributed by atoms with Crippen LogP contribution < -0.4 is 31.1 Å². The number of benzene rings is 9. The summed E-state index contributed by atoms with van der Waals surface area (Å²) in [6, 6.07) is 77.3. The van der Waals surface area contributed by atoms with Crippen LogP contribution >= 0.6 is 0 Å². The van der Waals surface area contributed by atoms with Crippen molar-refractivity contribution in [2.75, 3.05) is 14.7 Å². The molecule has 1 aliphatic carbocycles. The minimum absolute atomic E-state index is 0.0304. The fourth-order valence-corrected chi connectivity index (χ4v) is 14.0. The standard InChI is InChI=1S/C74H74BN3/c1-70(2,3)55-34-30-51(31-35-55)53-33-39-64-61(43-53)73(10)40-18-19-41-74(73,11)78(64)60-47-67-69-68(48-60)77(59-29-21-27-56(45-59)71(4,5)6)66-46-57(72(7,8)9)36-38-63(66)75(69)62-37-32-54(50-24-16-13-17-25-50)44-65(62)76(67)58-28-20-26-52(42-58)49-22-14-12-15-23-49/h12-17,20-39,42-48H,18-19,40-41H2,1-11H3. The molecular formula is C74H74BN3. The molecule has 9 aromatic carbocycles. The van der Waals surface area contributed by atoms with Gasteiger partial charge < -0.3 is 14.7 Å². The van der Waals surface area contributed by atoms with E-state index in [0.717, 1.165) is 18.5 Å². The van der Waals surface area contributed by atoms with Crippen LogP contribution in [0.1, 0.15) is 124 Å². The lowest BCUT2D eigenvalue weighted by Gasteiger charge is -2.51. The van der Waals surface area contributed by atoms with Gasteiger partial charge in [0.15, 0.2) is 0 Å². The van der Waals surface area contributed by atoms with Crippen molar-refractivity contribution in [1.82, 2.24) is 0 Å². The first-order valence-electron chi connectivity index (χ1n) is 28.7. The highest BCUT2D eigenvalue weighted by Crippen LogP contribution is 2.62. The topological polar surface area (TPSA) is 9.72 Å². The molecule has 3 nitrogen and oxygen atoms in total. The van der Waals surface area contributed by atoms with Crippen molar-refractivity contribution in [1.29, 1.82) is 0 Å². The molecule has 9 aromatic rings. The Labute approximate surface area is 465 Å². The Morgan fingerprint density at radius 3 is 1.46 bits per heavy atom. The molecule has 13 rings (SSSR count). The Hall–Kier alpha value is -7.56. The van der Waals surface area contributed by atoms with Gasteiger partial charge in [0.1, 0.15) is 0 Å². The van der Waals surface area contributed by atoms with Crippen molar-refractivity contribution in [3.8, 4) is 33.4 Å². The Bertz CT molecular complexity index is 3800. The number of rotatable bonds is 6. The smallest absolute Gasteiger partial charge is 0.252 e. The van der Waals surface area contributed by atoms with Crippen molar-refractivity contribution in [3.05, 3.63) is 222 Å². The maximum Gasteiger partial charge on any atom is 0.252 e. The largest absolute Gasteiger partial charge is 0.334 e. The van der Waals surface area contributed by atoms with Crippen LogP contribution in [0.3, 0.4) is 0 Å². The summed E-state index contributed by atoms with van der Waals surface area (Å²) in [6.07, 6.45) is 4.66. The summed E-state index contributed by atoms with van der Waals surface area (Å²) in [7, 11) is 0. The van der Waals surface area contributed by atoms with E-state index < -0.39 is 0 Å². The van der Waals surface area contributed by atoms with Gasteiger partial charge in [-0.1, -0.05) is 222 Å². The van der Waals surface area contributed by atoms with E-state index in [1.807, 2.05) is 0 Å². The van der Waals surface area contributed by atoms with Gasteiger partial charge >= 0.3 is 0 Å². The minimum atomic E-state index is -0.198. The zero-order valence-corrected chi connectivity index (χ0v) is 47.8. The first-order chi connectivity index (χ1) is 37.3. The summed E-state index contributed by atoms with van der Waals surface area (Å²) < 4.78 is 0. The van der Waals surface area contributed by atoms with Gasteiger partial charge in [-0.25, -0.2) is 0 Å². The molecule has 388 valence electrons. The Morgan fingerprint density at radius 2 is 0.833 bits per heavy atom. The first-order valence-corrected chi connectivity index (χ1v) is 28.7. The van der Waals surface area contributed by atoms with E-state index in [2.05, 4.69) is 291 Å². The average molecular weight is 1020 g/mol. The zero-order chi connectivity index (χ0) is 54.1. The number of anilines is 8. The monoisotopic (exact) mass is 1020 g/mol. The first kappa shape index (κ1) is 50.0. The molecule has 4 heteroatoms. The Kier molecular flexibility index (Phi) is 11.5. The molecule has 1 saturated carbocycles. The van der Waals surface area contributed by atoms with Gasteiger partial charge in [-0.05, 0) is 169 Å². The predicted octanol–water partition coefficient (Wildman–Crippen LogP) is 18.4. The number of hydrogen-bond acceptors (Lipinski definition) is 3. The summed E-state index contributed by atoms with van der Waals surface area (Å²) in [5.74, 6) is 0. The van der Waals surface area contributed by atoms with E-state index in [1.54, 1.807) is 0 Å². The Balaban J connectivity index is 1.13. The summed E-state index contributed by atoms with van der Waals surface area (Å²) in [5, 5.41) is 0. The second-order valence-corrected chi connectivity index (χ2v) is 26.6. The maximum atomic E-state index is 2.82. The summed E-state index contributed by atoms with van der Waals surface area (Å²) in [4.78, 5) is 8.11. The molecule has 2 atom stereocenters. The van der Waals surface area contributed by atoms with Gasteiger partial charge in [-0.15, -0.1) is 0 Å². The van der Waals surface area contributed by atoms with Crippen LogP contribution in [0.5, 0.6) is 0 Å². The van der Waals surface area contributed by atoms with Crippen LogP contribution in [-0.2, 0) is 21.7 Å². The third-order valence-electron chi connectivity index (χ3n) is 18.7. The second-order valence-electron chi connectivity index (χ2n) is 26.6. The molecule has 3 heterocycles. The lowest BCUT2D eigenvalue weighted by atomic mass is 9.33. The van der Waals surface area contributed by atoms with Crippen LogP contribution in [0.2, 0.25) is 0 Å². The molecule has 0 saturated heterocycles. The molecular weight excluding hydrogens is 942 g/mol. The van der Waals surface area contributed by atoms with E-state index in [0.29, 0.717) is 0 Å². The van der Waals surface area contributed by atoms with E-state index in [1.165, 1.54) is 125 Å². The van der Waals surface area contributed by atoms with Gasteiger partial charge in [0.2, 0.25) is 0 Å². The zero-order valence-electron chi connectivity index (χ0n) is 47.8. The number of hydrogen-bond donors (Lipinski definition) is 0. The van der Waals surface area contributed by atoms with Gasteiger partial charge in [0.25, 0.3) is 6.71 Å². The summed E-state index contributed by atoms with van der Waals surface area (Å²) in [5.41, 5.74) is 26.4.